The zero-order valence-corrected chi connectivity index (χ0v) is 13.5. The summed E-state index contributed by atoms with van der Waals surface area (Å²) in [4.78, 5) is 27.4. The van der Waals surface area contributed by atoms with Gasteiger partial charge in [0.05, 0.1) is 0 Å². The number of hydrogen-bond donors (Lipinski definition) is 1. The molecule has 0 saturated carbocycles. The molecular weight excluding hydrogens is 318 g/mol. The van der Waals surface area contributed by atoms with Crippen molar-refractivity contribution in [3.05, 3.63) is 89.0 Å². The highest BCUT2D eigenvalue weighted by atomic mass is 32.2. The number of fused-ring (bicyclic) bond motifs is 2. The van der Waals surface area contributed by atoms with E-state index in [0.717, 1.165) is 9.79 Å². The molecule has 0 amide bonds. The predicted molar refractivity (Wildman–Crippen MR) is 94.7 cm³/mol. The van der Waals surface area contributed by atoms with Crippen LogP contribution >= 0.6 is 11.8 Å². The zero-order valence-electron chi connectivity index (χ0n) is 12.7. The van der Waals surface area contributed by atoms with Gasteiger partial charge in [0, 0.05) is 37.7 Å². The van der Waals surface area contributed by atoms with Crippen LogP contribution in [0.15, 0.2) is 76.5 Å². The van der Waals surface area contributed by atoms with Crippen LogP contribution in [0.2, 0.25) is 0 Å². The second-order valence-electron chi connectivity index (χ2n) is 5.55. The summed E-state index contributed by atoms with van der Waals surface area (Å²) in [5.74, 6) is -0.196. The Kier molecular flexibility index (Phi) is 3.47. The van der Waals surface area contributed by atoms with Gasteiger partial charge < -0.3 is 5.73 Å². The van der Waals surface area contributed by atoms with Crippen molar-refractivity contribution in [2.24, 2.45) is 0 Å². The Bertz CT molecular complexity index is 977. The van der Waals surface area contributed by atoms with Crippen LogP contribution in [0, 0.1) is 0 Å². The molecule has 0 aliphatic heterocycles. The minimum absolute atomic E-state index is 0.0973. The van der Waals surface area contributed by atoms with Crippen molar-refractivity contribution in [1.29, 1.82) is 0 Å². The van der Waals surface area contributed by atoms with Crippen LogP contribution < -0.4 is 5.73 Å². The average molecular weight is 331 g/mol. The SMILES string of the molecule is Nc1ccc(Sc2cccc3c2C(=O)c2ccccc2C3=O)cc1. The smallest absolute Gasteiger partial charge is 0.195 e. The lowest BCUT2D eigenvalue weighted by atomic mass is 9.84. The van der Waals surface area contributed by atoms with Gasteiger partial charge in [0.2, 0.25) is 0 Å². The van der Waals surface area contributed by atoms with E-state index in [-0.39, 0.29) is 11.6 Å². The molecule has 1 aliphatic carbocycles. The standard InChI is InChI=1S/C20H13NO2S/c21-12-8-10-13(11-9-12)24-17-7-3-6-16-18(17)20(23)15-5-2-1-4-14(15)19(16)22/h1-11H,21H2. The van der Waals surface area contributed by atoms with Crippen molar-refractivity contribution >= 4 is 29.0 Å². The molecule has 1 aliphatic rings. The van der Waals surface area contributed by atoms with Crippen LogP contribution in [0.5, 0.6) is 0 Å². The number of ketones is 2. The number of rotatable bonds is 2. The van der Waals surface area contributed by atoms with Crippen LogP contribution in [0.1, 0.15) is 31.8 Å². The second kappa shape index (κ2) is 5.65. The van der Waals surface area contributed by atoms with Gasteiger partial charge >= 0.3 is 0 Å². The molecule has 3 nitrogen and oxygen atoms in total. The molecule has 0 radical (unpaired) electrons. The van der Waals surface area contributed by atoms with Crippen LogP contribution in [0.4, 0.5) is 5.69 Å². The van der Waals surface area contributed by atoms with E-state index in [2.05, 4.69) is 0 Å². The Hall–Kier alpha value is -2.85. The van der Waals surface area contributed by atoms with Gasteiger partial charge in [-0.1, -0.05) is 48.2 Å². The van der Waals surface area contributed by atoms with E-state index in [4.69, 9.17) is 5.73 Å². The second-order valence-corrected chi connectivity index (χ2v) is 6.67. The maximum Gasteiger partial charge on any atom is 0.195 e. The monoisotopic (exact) mass is 331 g/mol. The van der Waals surface area contributed by atoms with E-state index in [0.29, 0.717) is 27.9 Å². The van der Waals surface area contributed by atoms with Crippen molar-refractivity contribution in [3.63, 3.8) is 0 Å². The van der Waals surface area contributed by atoms with Crippen molar-refractivity contribution in [2.75, 3.05) is 5.73 Å². The van der Waals surface area contributed by atoms with Crippen LogP contribution in [-0.2, 0) is 0 Å². The predicted octanol–water partition coefficient (Wildman–Crippen LogP) is 4.20. The Morgan fingerprint density at radius 1 is 0.667 bits per heavy atom. The molecule has 4 rings (SSSR count). The van der Waals surface area contributed by atoms with E-state index < -0.39 is 0 Å². The lowest BCUT2D eigenvalue weighted by molar-refractivity contribution is 0.0977. The van der Waals surface area contributed by atoms with Crippen LogP contribution in [-0.4, -0.2) is 11.6 Å². The molecule has 0 spiro atoms. The number of anilines is 1. The van der Waals surface area contributed by atoms with E-state index in [1.54, 1.807) is 30.3 Å². The summed E-state index contributed by atoms with van der Waals surface area (Å²) in [6.45, 7) is 0. The Morgan fingerprint density at radius 3 is 2.00 bits per heavy atom. The van der Waals surface area contributed by atoms with Gasteiger partial charge in [-0.15, -0.1) is 0 Å². The summed E-state index contributed by atoms with van der Waals surface area (Å²) < 4.78 is 0. The number of nitrogen functional groups attached to an aromatic ring is 1. The van der Waals surface area contributed by atoms with Gasteiger partial charge in [-0.05, 0) is 30.3 Å². The van der Waals surface area contributed by atoms with Gasteiger partial charge in [-0.2, -0.15) is 0 Å². The first-order chi connectivity index (χ1) is 11.6. The molecule has 0 aromatic heterocycles. The lowest BCUT2D eigenvalue weighted by Crippen LogP contribution is -2.21. The summed E-state index contributed by atoms with van der Waals surface area (Å²) in [5.41, 5.74) is 8.32. The van der Waals surface area contributed by atoms with Crippen LogP contribution in [0.25, 0.3) is 0 Å². The molecular formula is C20H13NO2S. The van der Waals surface area contributed by atoms with E-state index in [1.807, 2.05) is 36.4 Å². The fourth-order valence-corrected chi connectivity index (χ4v) is 3.84. The highest BCUT2D eigenvalue weighted by Crippen LogP contribution is 2.37. The molecule has 0 heterocycles. The van der Waals surface area contributed by atoms with Gasteiger partial charge in [-0.25, -0.2) is 0 Å². The van der Waals surface area contributed by atoms with E-state index in [1.165, 1.54) is 11.8 Å². The molecule has 0 unspecified atom stereocenters. The first-order valence-electron chi connectivity index (χ1n) is 7.50. The zero-order chi connectivity index (χ0) is 16.7. The average Bonchev–Trinajstić information content (AvgIpc) is 2.61. The Labute approximate surface area is 143 Å². The Morgan fingerprint density at radius 2 is 1.29 bits per heavy atom. The van der Waals surface area contributed by atoms with Gasteiger partial charge in [0.25, 0.3) is 0 Å². The number of carbonyl (C=O) groups excluding carboxylic acids is 2. The van der Waals surface area contributed by atoms with Gasteiger partial charge in [0.1, 0.15) is 0 Å². The molecule has 0 saturated heterocycles. The minimum Gasteiger partial charge on any atom is -0.399 e. The highest BCUT2D eigenvalue weighted by Gasteiger charge is 2.31. The molecule has 0 atom stereocenters. The Balaban J connectivity index is 1.83. The molecule has 3 aromatic carbocycles. The largest absolute Gasteiger partial charge is 0.399 e. The molecule has 4 heteroatoms. The number of benzene rings is 3. The van der Waals surface area contributed by atoms with Crippen LogP contribution in [0.3, 0.4) is 0 Å². The normalized spacial score (nSPS) is 12.7. The van der Waals surface area contributed by atoms with Crippen molar-refractivity contribution in [2.45, 2.75) is 9.79 Å². The van der Waals surface area contributed by atoms with Crippen molar-refractivity contribution in [3.8, 4) is 0 Å². The third-order valence-corrected chi connectivity index (χ3v) is 5.09. The first-order valence-corrected chi connectivity index (χ1v) is 8.31. The summed E-state index contributed by atoms with van der Waals surface area (Å²) >= 11 is 1.46. The van der Waals surface area contributed by atoms with E-state index in [9.17, 15) is 9.59 Å². The van der Waals surface area contributed by atoms with Crippen molar-refractivity contribution < 1.29 is 9.59 Å². The summed E-state index contributed by atoms with van der Waals surface area (Å²) in [7, 11) is 0. The fraction of sp³-hybridized carbons (Fsp3) is 0. The maximum absolute atomic E-state index is 12.9. The summed E-state index contributed by atoms with van der Waals surface area (Å²) in [5, 5.41) is 0. The van der Waals surface area contributed by atoms with E-state index >= 15 is 0 Å². The topological polar surface area (TPSA) is 60.2 Å². The molecule has 0 fully saturated rings. The maximum atomic E-state index is 12.9. The number of hydrogen-bond acceptors (Lipinski definition) is 4. The van der Waals surface area contributed by atoms with Gasteiger partial charge in [0.15, 0.2) is 11.6 Å². The highest BCUT2D eigenvalue weighted by molar-refractivity contribution is 7.99. The third kappa shape index (κ3) is 2.32. The van der Waals surface area contributed by atoms with Gasteiger partial charge in [-0.3, -0.25) is 9.59 Å². The first kappa shape index (κ1) is 14.7. The van der Waals surface area contributed by atoms with Crippen molar-refractivity contribution in [1.82, 2.24) is 0 Å². The molecule has 116 valence electrons. The number of carbonyl (C=O) groups is 2. The quantitative estimate of drug-likeness (QED) is 0.559. The molecule has 24 heavy (non-hydrogen) atoms. The molecule has 0 bridgehead atoms. The summed E-state index contributed by atoms with van der Waals surface area (Å²) in [6.07, 6.45) is 0. The molecule has 2 N–H and O–H groups in total. The summed E-state index contributed by atoms with van der Waals surface area (Å²) in [6, 6.07) is 19.8. The number of nitrogens with two attached hydrogens (primary N) is 1. The minimum atomic E-state index is -0.0984. The third-order valence-electron chi connectivity index (χ3n) is 4.02. The molecule has 3 aromatic rings. The fourth-order valence-electron chi connectivity index (χ4n) is 2.86. The lowest BCUT2D eigenvalue weighted by Gasteiger charge is -2.19.